The zero-order valence-corrected chi connectivity index (χ0v) is 9.88. The lowest BCUT2D eigenvalue weighted by atomic mass is 9.81. The molecule has 1 aromatic rings. The van der Waals surface area contributed by atoms with Gasteiger partial charge in [0.15, 0.2) is 0 Å². The summed E-state index contributed by atoms with van der Waals surface area (Å²) in [6.45, 7) is 4.05. The monoisotopic (exact) mass is 244 g/mol. The molecule has 0 unspecified atom stereocenters. The quantitative estimate of drug-likeness (QED) is 0.812. The summed E-state index contributed by atoms with van der Waals surface area (Å²) in [5, 5.41) is 0. The fourth-order valence-corrected chi connectivity index (χ4v) is 1.99. The summed E-state index contributed by atoms with van der Waals surface area (Å²) in [5.74, 6) is -0.351. The van der Waals surface area contributed by atoms with Crippen molar-refractivity contribution in [2.75, 3.05) is 0 Å². The second kappa shape index (κ2) is 3.96. The van der Waals surface area contributed by atoms with Crippen molar-refractivity contribution in [3.63, 3.8) is 0 Å². The molecule has 0 saturated heterocycles. The van der Waals surface area contributed by atoms with E-state index < -0.39 is 12.0 Å². The molecule has 17 heavy (non-hydrogen) atoms. The number of hydrogen-bond donors (Lipinski definition) is 0. The molecule has 0 N–H and O–H groups in total. The predicted molar refractivity (Wildman–Crippen MR) is 57.4 cm³/mol. The van der Waals surface area contributed by atoms with Gasteiger partial charge in [-0.15, -0.1) is 0 Å². The second-order valence-corrected chi connectivity index (χ2v) is 5.32. The van der Waals surface area contributed by atoms with Crippen molar-refractivity contribution in [1.82, 2.24) is 9.97 Å². The normalized spacial score (nSPS) is 17.2. The molecule has 1 aliphatic rings. The first-order valence-corrected chi connectivity index (χ1v) is 5.69. The molecule has 5 heteroatoms. The standard InChI is InChI=1S/C12H15F3N2/c1-11(2,5-8-3-4-8)9-6-16-10(17-7-9)12(13,14)15/h6-8H,3-5H2,1-2H3. The van der Waals surface area contributed by atoms with Crippen LogP contribution in [-0.2, 0) is 11.6 Å². The Morgan fingerprint density at radius 2 is 1.71 bits per heavy atom. The summed E-state index contributed by atoms with van der Waals surface area (Å²) in [7, 11) is 0. The van der Waals surface area contributed by atoms with Crippen LogP contribution >= 0.6 is 0 Å². The van der Waals surface area contributed by atoms with E-state index in [0.717, 1.165) is 12.0 Å². The van der Waals surface area contributed by atoms with E-state index in [1.165, 1.54) is 25.2 Å². The van der Waals surface area contributed by atoms with E-state index in [0.29, 0.717) is 5.92 Å². The first-order chi connectivity index (χ1) is 7.79. The summed E-state index contributed by atoms with van der Waals surface area (Å²) in [6.07, 6.45) is 1.59. The minimum Gasteiger partial charge on any atom is -0.233 e. The van der Waals surface area contributed by atoms with E-state index in [2.05, 4.69) is 9.97 Å². The average Bonchev–Trinajstić information content (AvgIpc) is 3.00. The SMILES string of the molecule is CC(C)(CC1CC1)c1cnc(C(F)(F)F)nc1. The molecule has 1 fully saturated rings. The zero-order chi connectivity index (χ0) is 12.7. The highest BCUT2D eigenvalue weighted by atomic mass is 19.4. The van der Waals surface area contributed by atoms with Crippen LogP contribution in [0.3, 0.4) is 0 Å². The van der Waals surface area contributed by atoms with Crippen LogP contribution < -0.4 is 0 Å². The van der Waals surface area contributed by atoms with Gasteiger partial charge in [-0.1, -0.05) is 26.7 Å². The summed E-state index contributed by atoms with van der Waals surface area (Å²) < 4.78 is 36.9. The highest BCUT2D eigenvalue weighted by Crippen LogP contribution is 2.41. The summed E-state index contributed by atoms with van der Waals surface area (Å²) in [5.41, 5.74) is 0.628. The van der Waals surface area contributed by atoms with Crippen molar-refractivity contribution >= 4 is 0 Å². The molecule has 1 saturated carbocycles. The van der Waals surface area contributed by atoms with Gasteiger partial charge in [0, 0.05) is 12.4 Å². The lowest BCUT2D eigenvalue weighted by molar-refractivity contribution is -0.145. The van der Waals surface area contributed by atoms with Crippen LogP contribution in [0.4, 0.5) is 13.2 Å². The lowest BCUT2D eigenvalue weighted by Crippen LogP contribution is -2.20. The maximum atomic E-state index is 12.3. The van der Waals surface area contributed by atoms with Crippen LogP contribution in [0.2, 0.25) is 0 Å². The Labute approximate surface area is 98.3 Å². The second-order valence-electron chi connectivity index (χ2n) is 5.32. The van der Waals surface area contributed by atoms with E-state index >= 15 is 0 Å². The van der Waals surface area contributed by atoms with E-state index in [4.69, 9.17) is 0 Å². The average molecular weight is 244 g/mol. The van der Waals surface area contributed by atoms with Crippen molar-refractivity contribution in [3.8, 4) is 0 Å². The van der Waals surface area contributed by atoms with E-state index in [9.17, 15) is 13.2 Å². The van der Waals surface area contributed by atoms with Crippen molar-refractivity contribution in [2.24, 2.45) is 5.92 Å². The number of halogens is 3. The van der Waals surface area contributed by atoms with Gasteiger partial charge in [0.1, 0.15) is 0 Å². The van der Waals surface area contributed by atoms with Gasteiger partial charge in [0.05, 0.1) is 0 Å². The van der Waals surface area contributed by atoms with E-state index in [1.54, 1.807) is 0 Å². The molecule has 1 aliphatic carbocycles. The van der Waals surface area contributed by atoms with Gasteiger partial charge in [-0.05, 0) is 23.3 Å². The fraction of sp³-hybridized carbons (Fsp3) is 0.667. The molecule has 0 spiro atoms. The number of hydrogen-bond acceptors (Lipinski definition) is 2. The lowest BCUT2D eigenvalue weighted by Gasteiger charge is -2.24. The number of aromatic nitrogens is 2. The van der Waals surface area contributed by atoms with Crippen LogP contribution in [-0.4, -0.2) is 9.97 Å². The molecular weight excluding hydrogens is 229 g/mol. The van der Waals surface area contributed by atoms with Crippen molar-refractivity contribution < 1.29 is 13.2 Å². The third-order valence-electron chi connectivity index (χ3n) is 3.18. The first-order valence-electron chi connectivity index (χ1n) is 5.69. The van der Waals surface area contributed by atoms with Gasteiger partial charge in [-0.2, -0.15) is 13.2 Å². The van der Waals surface area contributed by atoms with Crippen molar-refractivity contribution in [3.05, 3.63) is 23.8 Å². The van der Waals surface area contributed by atoms with Crippen LogP contribution in [0.1, 0.15) is 44.5 Å². The highest BCUT2D eigenvalue weighted by molar-refractivity contribution is 5.18. The third kappa shape index (κ3) is 2.96. The Balaban J connectivity index is 2.16. The number of rotatable bonds is 3. The molecule has 2 rings (SSSR count). The van der Waals surface area contributed by atoms with Gasteiger partial charge in [-0.3, -0.25) is 0 Å². The van der Waals surface area contributed by atoms with Crippen LogP contribution in [0.15, 0.2) is 12.4 Å². The third-order valence-corrected chi connectivity index (χ3v) is 3.18. The topological polar surface area (TPSA) is 25.8 Å². The van der Waals surface area contributed by atoms with Crippen LogP contribution in [0.5, 0.6) is 0 Å². The first kappa shape index (κ1) is 12.3. The molecule has 1 aromatic heterocycles. The number of alkyl halides is 3. The van der Waals surface area contributed by atoms with Crippen LogP contribution in [0.25, 0.3) is 0 Å². The van der Waals surface area contributed by atoms with E-state index in [1.807, 2.05) is 13.8 Å². The van der Waals surface area contributed by atoms with Gasteiger partial charge in [0.25, 0.3) is 0 Å². The van der Waals surface area contributed by atoms with E-state index in [-0.39, 0.29) is 5.41 Å². The number of nitrogens with zero attached hydrogens (tertiary/aromatic N) is 2. The summed E-state index contributed by atoms with van der Waals surface area (Å²) in [4.78, 5) is 6.82. The van der Waals surface area contributed by atoms with Gasteiger partial charge < -0.3 is 0 Å². The molecule has 1 heterocycles. The molecule has 0 aliphatic heterocycles. The summed E-state index contributed by atoms with van der Waals surface area (Å²) >= 11 is 0. The molecule has 0 bridgehead atoms. The molecular formula is C12H15F3N2. The Hall–Kier alpha value is -1.13. The smallest absolute Gasteiger partial charge is 0.233 e. The molecule has 94 valence electrons. The Bertz CT molecular complexity index is 391. The Kier molecular flexibility index (Phi) is 2.87. The Morgan fingerprint density at radius 1 is 1.18 bits per heavy atom. The molecule has 0 aromatic carbocycles. The van der Waals surface area contributed by atoms with Crippen molar-refractivity contribution in [2.45, 2.75) is 44.7 Å². The zero-order valence-electron chi connectivity index (χ0n) is 9.88. The van der Waals surface area contributed by atoms with Crippen LogP contribution in [0, 0.1) is 5.92 Å². The molecule has 0 amide bonds. The fourth-order valence-electron chi connectivity index (χ4n) is 1.99. The van der Waals surface area contributed by atoms with Gasteiger partial charge in [0.2, 0.25) is 5.82 Å². The minimum absolute atomic E-state index is 0.148. The molecule has 0 atom stereocenters. The maximum Gasteiger partial charge on any atom is 0.451 e. The minimum atomic E-state index is -4.46. The molecule has 0 radical (unpaired) electrons. The maximum absolute atomic E-state index is 12.3. The predicted octanol–water partition coefficient (Wildman–Crippen LogP) is 3.57. The van der Waals surface area contributed by atoms with Gasteiger partial charge >= 0.3 is 6.18 Å². The highest BCUT2D eigenvalue weighted by Gasteiger charge is 2.36. The summed E-state index contributed by atoms with van der Waals surface area (Å²) in [6, 6.07) is 0. The largest absolute Gasteiger partial charge is 0.451 e. The molecule has 2 nitrogen and oxygen atoms in total. The van der Waals surface area contributed by atoms with Gasteiger partial charge in [-0.25, -0.2) is 9.97 Å². The van der Waals surface area contributed by atoms with Crippen molar-refractivity contribution in [1.29, 1.82) is 0 Å². The Morgan fingerprint density at radius 3 is 2.12 bits per heavy atom.